The van der Waals surface area contributed by atoms with Crippen LogP contribution in [0.1, 0.15) is 30.1 Å². The lowest BCUT2D eigenvalue weighted by molar-refractivity contribution is 0.171. The van der Waals surface area contributed by atoms with Gasteiger partial charge in [-0.15, -0.1) is 0 Å². The van der Waals surface area contributed by atoms with Crippen molar-refractivity contribution < 1.29 is 9.90 Å². The third kappa shape index (κ3) is 3.87. The van der Waals surface area contributed by atoms with Gasteiger partial charge >= 0.3 is 6.03 Å². The van der Waals surface area contributed by atoms with E-state index in [0.717, 1.165) is 24.1 Å². The molecule has 2 amide bonds. The van der Waals surface area contributed by atoms with Crippen LogP contribution in [0.4, 0.5) is 4.79 Å². The molecular formula is C18H21N3O2. The highest BCUT2D eigenvalue weighted by Crippen LogP contribution is 2.27. The van der Waals surface area contributed by atoms with Crippen LogP contribution in [0.25, 0.3) is 0 Å². The van der Waals surface area contributed by atoms with Crippen LogP contribution in [0.5, 0.6) is 0 Å². The summed E-state index contributed by atoms with van der Waals surface area (Å²) in [5, 5.41) is 12.3. The highest BCUT2D eigenvalue weighted by atomic mass is 16.3. The number of aliphatic hydroxyl groups is 1. The maximum absolute atomic E-state index is 12.6. The largest absolute Gasteiger partial charge is 0.395 e. The van der Waals surface area contributed by atoms with Gasteiger partial charge in [-0.05, 0) is 30.5 Å². The van der Waals surface area contributed by atoms with E-state index in [2.05, 4.69) is 10.3 Å². The molecule has 0 saturated heterocycles. The second-order valence-corrected chi connectivity index (χ2v) is 5.70. The Hall–Kier alpha value is -2.40. The summed E-state index contributed by atoms with van der Waals surface area (Å²) in [6.45, 7) is 0.337. The Kier molecular flexibility index (Phi) is 4.88. The molecule has 0 radical (unpaired) electrons. The molecule has 1 aromatic heterocycles. The number of pyridine rings is 1. The molecule has 3 rings (SSSR count). The van der Waals surface area contributed by atoms with Crippen LogP contribution in [0.15, 0.2) is 54.7 Å². The third-order valence-electron chi connectivity index (χ3n) is 3.97. The van der Waals surface area contributed by atoms with Crippen LogP contribution in [0.2, 0.25) is 0 Å². The Morgan fingerprint density at radius 2 is 1.96 bits per heavy atom. The number of aliphatic hydroxyl groups excluding tert-OH is 1. The van der Waals surface area contributed by atoms with Crippen molar-refractivity contribution in [1.82, 2.24) is 15.2 Å². The van der Waals surface area contributed by atoms with E-state index >= 15 is 0 Å². The lowest BCUT2D eigenvalue weighted by Gasteiger charge is -2.26. The van der Waals surface area contributed by atoms with Crippen molar-refractivity contribution in [3.05, 3.63) is 66.0 Å². The van der Waals surface area contributed by atoms with Crippen molar-refractivity contribution >= 4 is 6.03 Å². The molecule has 0 aliphatic heterocycles. The molecule has 120 valence electrons. The first-order valence-corrected chi connectivity index (χ1v) is 7.93. The number of carbonyl (C=O) groups excluding carboxylic acids is 1. The van der Waals surface area contributed by atoms with Crippen molar-refractivity contribution in [1.29, 1.82) is 0 Å². The molecule has 1 fully saturated rings. The lowest BCUT2D eigenvalue weighted by Crippen LogP contribution is -2.44. The fraction of sp³-hybridized carbons (Fsp3) is 0.333. The first-order chi connectivity index (χ1) is 11.3. The maximum Gasteiger partial charge on any atom is 0.318 e. The zero-order valence-corrected chi connectivity index (χ0v) is 12.9. The SMILES string of the molecule is O=C(NC(c1ccccc1)c1ccccn1)N(CCO)C1CC1. The third-order valence-corrected chi connectivity index (χ3v) is 3.97. The number of urea groups is 1. The first-order valence-electron chi connectivity index (χ1n) is 7.93. The minimum atomic E-state index is -0.301. The van der Waals surface area contributed by atoms with Crippen LogP contribution in [0.3, 0.4) is 0 Å². The van der Waals surface area contributed by atoms with E-state index < -0.39 is 0 Å². The molecule has 2 N–H and O–H groups in total. The van der Waals surface area contributed by atoms with Gasteiger partial charge in [0.1, 0.15) is 0 Å². The highest BCUT2D eigenvalue weighted by Gasteiger charge is 2.33. The molecule has 5 heteroatoms. The van der Waals surface area contributed by atoms with Gasteiger partial charge in [0.15, 0.2) is 0 Å². The second-order valence-electron chi connectivity index (χ2n) is 5.70. The van der Waals surface area contributed by atoms with E-state index in [4.69, 9.17) is 0 Å². The van der Waals surface area contributed by atoms with Crippen LogP contribution in [-0.2, 0) is 0 Å². The predicted molar refractivity (Wildman–Crippen MR) is 87.9 cm³/mol. The molecule has 0 bridgehead atoms. The molecule has 0 spiro atoms. The number of aromatic nitrogens is 1. The molecular weight excluding hydrogens is 290 g/mol. The summed E-state index contributed by atoms with van der Waals surface area (Å²) in [5.74, 6) is 0. The lowest BCUT2D eigenvalue weighted by atomic mass is 10.0. The van der Waals surface area contributed by atoms with Gasteiger partial charge in [-0.2, -0.15) is 0 Å². The first kappa shape index (κ1) is 15.5. The second kappa shape index (κ2) is 7.24. The molecule has 1 unspecified atom stereocenters. The fourth-order valence-electron chi connectivity index (χ4n) is 2.67. The van der Waals surface area contributed by atoms with E-state index in [0.29, 0.717) is 6.54 Å². The average molecular weight is 311 g/mol. The Balaban J connectivity index is 1.82. The minimum Gasteiger partial charge on any atom is -0.395 e. The summed E-state index contributed by atoms with van der Waals surface area (Å²) in [5.41, 5.74) is 1.78. The van der Waals surface area contributed by atoms with Crippen molar-refractivity contribution in [2.24, 2.45) is 0 Å². The Labute approximate surface area is 136 Å². The number of nitrogens with zero attached hydrogens (tertiary/aromatic N) is 2. The molecule has 1 aromatic carbocycles. The Morgan fingerprint density at radius 3 is 2.57 bits per heavy atom. The smallest absolute Gasteiger partial charge is 0.318 e. The minimum absolute atomic E-state index is 0.0243. The van der Waals surface area contributed by atoms with Gasteiger partial charge in [0, 0.05) is 18.8 Å². The van der Waals surface area contributed by atoms with E-state index in [1.54, 1.807) is 11.1 Å². The standard InChI is InChI=1S/C18H21N3O2/c22-13-12-21(15-9-10-15)18(23)20-17(14-6-2-1-3-7-14)16-8-4-5-11-19-16/h1-8,11,15,17,22H,9-10,12-13H2,(H,20,23). The fourth-order valence-corrected chi connectivity index (χ4v) is 2.67. The number of nitrogens with one attached hydrogen (secondary N) is 1. The molecule has 1 atom stereocenters. The van der Waals surface area contributed by atoms with E-state index in [9.17, 15) is 9.90 Å². The van der Waals surface area contributed by atoms with E-state index in [1.807, 2.05) is 48.5 Å². The molecule has 1 saturated carbocycles. The summed E-state index contributed by atoms with van der Waals surface area (Å²) in [6.07, 6.45) is 3.74. The van der Waals surface area contributed by atoms with Gasteiger partial charge in [-0.1, -0.05) is 36.4 Å². The molecule has 1 heterocycles. The van der Waals surface area contributed by atoms with Gasteiger partial charge in [-0.25, -0.2) is 4.79 Å². The van der Waals surface area contributed by atoms with Crippen molar-refractivity contribution in [2.75, 3.05) is 13.2 Å². The number of benzene rings is 1. The zero-order chi connectivity index (χ0) is 16.1. The highest BCUT2D eigenvalue weighted by molar-refractivity contribution is 5.76. The average Bonchev–Trinajstić information content (AvgIpc) is 3.44. The van der Waals surface area contributed by atoms with Crippen molar-refractivity contribution in [3.8, 4) is 0 Å². The Bertz CT molecular complexity index is 590. The van der Waals surface area contributed by atoms with Crippen LogP contribution < -0.4 is 5.32 Å². The van der Waals surface area contributed by atoms with Gasteiger partial charge in [-0.3, -0.25) is 4.98 Å². The van der Waals surface area contributed by atoms with Gasteiger partial charge < -0.3 is 15.3 Å². The van der Waals surface area contributed by atoms with Gasteiger partial charge in [0.05, 0.1) is 18.3 Å². The summed E-state index contributed by atoms with van der Waals surface area (Å²) in [7, 11) is 0. The van der Waals surface area contributed by atoms with Crippen molar-refractivity contribution in [2.45, 2.75) is 24.9 Å². The normalized spacial score (nSPS) is 15.0. The summed E-state index contributed by atoms with van der Waals surface area (Å²) in [4.78, 5) is 18.8. The number of hydrogen-bond donors (Lipinski definition) is 2. The van der Waals surface area contributed by atoms with Crippen LogP contribution >= 0.6 is 0 Å². The van der Waals surface area contributed by atoms with Crippen LogP contribution in [0, 0.1) is 0 Å². The molecule has 23 heavy (non-hydrogen) atoms. The van der Waals surface area contributed by atoms with Gasteiger partial charge in [0.25, 0.3) is 0 Å². The molecule has 1 aliphatic rings. The molecule has 1 aliphatic carbocycles. The maximum atomic E-state index is 12.6. The summed E-state index contributed by atoms with van der Waals surface area (Å²) in [6, 6.07) is 15.3. The Morgan fingerprint density at radius 1 is 1.22 bits per heavy atom. The summed E-state index contributed by atoms with van der Waals surface area (Å²) < 4.78 is 0. The molecule has 5 nitrogen and oxygen atoms in total. The zero-order valence-electron chi connectivity index (χ0n) is 12.9. The van der Waals surface area contributed by atoms with Gasteiger partial charge in [0.2, 0.25) is 0 Å². The van der Waals surface area contributed by atoms with E-state index in [-0.39, 0.29) is 24.7 Å². The summed E-state index contributed by atoms with van der Waals surface area (Å²) >= 11 is 0. The van der Waals surface area contributed by atoms with Crippen LogP contribution in [-0.4, -0.2) is 40.2 Å². The quantitative estimate of drug-likeness (QED) is 0.860. The predicted octanol–water partition coefficient (Wildman–Crippen LogP) is 2.34. The number of rotatable bonds is 6. The monoisotopic (exact) mass is 311 g/mol. The molecule has 2 aromatic rings. The number of amides is 2. The topological polar surface area (TPSA) is 65.5 Å². The number of hydrogen-bond acceptors (Lipinski definition) is 3. The number of carbonyl (C=O) groups is 1. The van der Waals surface area contributed by atoms with E-state index in [1.165, 1.54) is 0 Å². The van der Waals surface area contributed by atoms with Crippen molar-refractivity contribution in [3.63, 3.8) is 0 Å².